The standard InChI is InChI=1S/C20H25N5O2/c26-19(15-8-13-27-14-9-15)25-12-4-2-5-17(25)16-7-11-22-20(23-16)24-18-6-1-3-10-21-18/h1,3,6-7,10-11,15,17H,2,4-5,8-9,12-14H2,(H,21,22,23,24). The smallest absolute Gasteiger partial charge is 0.228 e. The van der Waals surface area contributed by atoms with Crippen molar-refractivity contribution in [2.45, 2.75) is 38.1 Å². The third-order valence-corrected chi connectivity index (χ3v) is 5.28. The Morgan fingerprint density at radius 1 is 1.07 bits per heavy atom. The van der Waals surface area contributed by atoms with E-state index < -0.39 is 0 Å². The number of carbonyl (C=O) groups excluding carboxylic acids is 1. The van der Waals surface area contributed by atoms with Crippen molar-refractivity contribution < 1.29 is 9.53 Å². The van der Waals surface area contributed by atoms with E-state index in [4.69, 9.17) is 4.74 Å². The average molecular weight is 367 g/mol. The van der Waals surface area contributed by atoms with Gasteiger partial charge in [-0.1, -0.05) is 6.07 Å². The van der Waals surface area contributed by atoms with Gasteiger partial charge in [0, 0.05) is 38.1 Å². The molecule has 2 fully saturated rings. The van der Waals surface area contributed by atoms with Crippen LogP contribution in [0.3, 0.4) is 0 Å². The number of likely N-dealkylation sites (tertiary alicyclic amines) is 1. The Morgan fingerprint density at radius 3 is 2.78 bits per heavy atom. The second-order valence-electron chi connectivity index (χ2n) is 7.07. The van der Waals surface area contributed by atoms with Crippen molar-refractivity contribution in [2.75, 3.05) is 25.1 Å². The summed E-state index contributed by atoms with van der Waals surface area (Å²) < 4.78 is 5.42. The van der Waals surface area contributed by atoms with Crippen molar-refractivity contribution in [3.8, 4) is 0 Å². The molecule has 7 nitrogen and oxygen atoms in total. The molecule has 4 heterocycles. The van der Waals surface area contributed by atoms with E-state index in [0.717, 1.165) is 44.3 Å². The molecule has 2 aliphatic heterocycles. The Hall–Kier alpha value is -2.54. The van der Waals surface area contributed by atoms with Gasteiger partial charge in [0.2, 0.25) is 11.9 Å². The summed E-state index contributed by atoms with van der Waals surface area (Å²) in [7, 11) is 0. The maximum Gasteiger partial charge on any atom is 0.228 e. The first kappa shape index (κ1) is 17.9. The van der Waals surface area contributed by atoms with Gasteiger partial charge in [-0.2, -0.15) is 0 Å². The van der Waals surface area contributed by atoms with Crippen LogP contribution in [0, 0.1) is 5.92 Å². The van der Waals surface area contributed by atoms with Crippen molar-refractivity contribution in [1.29, 1.82) is 0 Å². The summed E-state index contributed by atoms with van der Waals surface area (Å²) in [5.41, 5.74) is 0.892. The van der Waals surface area contributed by atoms with Gasteiger partial charge < -0.3 is 15.0 Å². The molecule has 1 amide bonds. The molecule has 0 spiro atoms. The van der Waals surface area contributed by atoms with Crippen LogP contribution in [0.1, 0.15) is 43.8 Å². The number of nitrogens with zero attached hydrogens (tertiary/aromatic N) is 4. The number of hydrogen-bond acceptors (Lipinski definition) is 6. The van der Waals surface area contributed by atoms with Gasteiger partial charge in [-0.3, -0.25) is 4.79 Å². The molecule has 0 radical (unpaired) electrons. The summed E-state index contributed by atoms with van der Waals surface area (Å²) in [4.78, 5) is 28.4. The molecule has 0 bridgehead atoms. The molecular weight excluding hydrogens is 342 g/mol. The molecule has 1 N–H and O–H groups in total. The second kappa shape index (κ2) is 8.43. The summed E-state index contributed by atoms with van der Waals surface area (Å²) in [5, 5.41) is 3.14. The molecule has 2 aliphatic rings. The van der Waals surface area contributed by atoms with Crippen LogP contribution in [-0.4, -0.2) is 45.5 Å². The fourth-order valence-electron chi connectivity index (χ4n) is 3.85. The van der Waals surface area contributed by atoms with Crippen molar-refractivity contribution in [3.63, 3.8) is 0 Å². The molecule has 0 aliphatic carbocycles. The largest absolute Gasteiger partial charge is 0.381 e. The van der Waals surface area contributed by atoms with Crippen LogP contribution in [0.5, 0.6) is 0 Å². The zero-order valence-corrected chi connectivity index (χ0v) is 15.4. The highest BCUT2D eigenvalue weighted by Gasteiger charge is 2.33. The molecule has 7 heteroatoms. The van der Waals surface area contributed by atoms with E-state index >= 15 is 0 Å². The lowest BCUT2D eigenvalue weighted by molar-refractivity contribution is -0.142. The summed E-state index contributed by atoms with van der Waals surface area (Å²) in [5.74, 6) is 1.54. The van der Waals surface area contributed by atoms with E-state index in [1.807, 2.05) is 29.2 Å². The maximum atomic E-state index is 13.1. The molecular formula is C20H25N5O2. The zero-order chi connectivity index (χ0) is 18.5. The third kappa shape index (κ3) is 4.24. The van der Waals surface area contributed by atoms with E-state index in [0.29, 0.717) is 25.0 Å². The van der Waals surface area contributed by atoms with Gasteiger partial charge in [0.05, 0.1) is 11.7 Å². The van der Waals surface area contributed by atoms with Crippen LogP contribution in [0.4, 0.5) is 11.8 Å². The second-order valence-corrected chi connectivity index (χ2v) is 7.07. The number of pyridine rings is 1. The Labute approximate surface area is 159 Å². The topological polar surface area (TPSA) is 80.2 Å². The first-order valence-electron chi connectivity index (χ1n) is 9.70. The number of carbonyl (C=O) groups is 1. The number of piperidine rings is 1. The molecule has 2 aromatic rings. The minimum absolute atomic E-state index is 0.0152. The molecule has 1 unspecified atom stereocenters. The fourth-order valence-corrected chi connectivity index (χ4v) is 3.85. The minimum Gasteiger partial charge on any atom is -0.381 e. The summed E-state index contributed by atoms with van der Waals surface area (Å²) in [6, 6.07) is 7.58. The van der Waals surface area contributed by atoms with Gasteiger partial charge in [-0.15, -0.1) is 0 Å². The van der Waals surface area contributed by atoms with Crippen LogP contribution in [0.25, 0.3) is 0 Å². The Bertz CT molecular complexity index is 764. The summed E-state index contributed by atoms with van der Waals surface area (Å²) in [6.45, 7) is 2.16. The SMILES string of the molecule is O=C(C1CCOCC1)N1CCCCC1c1ccnc(Nc2ccccn2)n1. The van der Waals surface area contributed by atoms with Crippen molar-refractivity contribution >= 4 is 17.7 Å². The number of aromatic nitrogens is 3. The lowest BCUT2D eigenvalue weighted by Crippen LogP contribution is -2.43. The van der Waals surface area contributed by atoms with E-state index in [-0.39, 0.29) is 17.9 Å². The van der Waals surface area contributed by atoms with Gasteiger partial charge in [0.15, 0.2) is 0 Å². The normalized spacial score (nSPS) is 21.0. The Morgan fingerprint density at radius 2 is 1.96 bits per heavy atom. The first-order valence-corrected chi connectivity index (χ1v) is 9.70. The first-order chi connectivity index (χ1) is 13.3. The quantitative estimate of drug-likeness (QED) is 0.894. The molecule has 2 saturated heterocycles. The van der Waals surface area contributed by atoms with Crippen LogP contribution >= 0.6 is 0 Å². The van der Waals surface area contributed by atoms with Crippen LogP contribution in [-0.2, 0) is 9.53 Å². The van der Waals surface area contributed by atoms with Crippen LogP contribution in [0.15, 0.2) is 36.7 Å². The molecule has 0 saturated carbocycles. The van der Waals surface area contributed by atoms with Crippen LogP contribution in [0.2, 0.25) is 0 Å². The maximum absolute atomic E-state index is 13.1. The minimum atomic E-state index is 0.0152. The molecule has 2 aromatic heterocycles. The monoisotopic (exact) mass is 367 g/mol. The molecule has 27 heavy (non-hydrogen) atoms. The highest BCUT2D eigenvalue weighted by molar-refractivity contribution is 5.79. The van der Waals surface area contributed by atoms with Crippen molar-refractivity contribution in [2.24, 2.45) is 5.92 Å². The van der Waals surface area contributed by atoms with Crippen LogP contribution < -0.4 is 5.32 Å². The molecule has 4 rings (SSSR count). The van der Waals surface area contributed by atoms with Crippen molar-refractivity contribution in [3.05, 3.63) is 42.4 Å². The van der Waals surface area contributed by atoms with Gasteiger partial charge in [-0.05, 0) is 50.3 Å². The zero-order valence-electron chi connectivity index (χ0n) is 15.4. The number of amides is 1. The Balaban J connectivity index is 1.53. The number of hydrogen-bond donors (Lipinski definition) is 1. The van der Waals surface area contributed by atoms with Gasteiger partial charge >= 0.3 is 0 Å². The number of rotatable bonds is 4. The van der Waals surface area contributed by atoms with Gasteiger partial charge in [0.1, 0.15) is 5.82 Å². The number of nitrogens with one attached hydrogen (secondary N) is 1. The van der Waals surface area contributed by atoms with E-state index in [2.05, 4.69) is 20.3 Å². The summed E-state index contributed by atoms with van der Waals surface area (Å²) in [6.07, 6.45) is 8.21. The highest BCUT2D eigenvalue weighted by atomic mass is 16.5. The summed E-state index contributed by atoms with van der Waals surface area (Å²) >= 11 is 0. The van der Waals surface area contributed by atoms with Crippen molar-refractivity contribution in [1.82, 2.24) is 19.9 Å². The number of ether oxygens (including phenoxy) is 1. The van der Waals surface area contributed by atoms with E-state index in [1.165, 1.54) is 0 Å². The molecule has 142 valence electrons. The lowest BCUT2D eigenvalue weighted by atomic mass is 9.93. The van der Waals surface area contributed by atoms with E-state index in [1.54, 1.807) is 12.4 Å². The average Bonchev–Trinajstić information content (AvgIpc) is 2.75. The number of anilines is 2. The molecule has 1 atom stereocenters. The predicted molar refractivity (Wildman–Crippen MR) is 101 cm³/mol. The Kier molecular flexibility index (Phi) is 5.58. The van der Waals surface area contributed by atoms with E-state index in [9.17, 15) is 4.79 Å². The molecule has 0 aromatic carbocycles. The highest BCUT2D eigenvalue weighted by Crippen LogP contribution is 2.33. The fraction of sp³-hybridized carbons (Fsp3) is 0.500. The van der Waals surface area contributed by atoms with Gasteiger partial charge in [0.25, 0.3) is 0 Å². The van der Waals surface area contributed by atoms with Gasteiger partial charge in [-0.25, -0.2) is 15.0 Å². The third-order valence-electron chi connectivity index (χ3n) is 5.28. The predicted octanol–water partition coefficient (Wildman–Crippen LogP) is 3.10. The lowest BCUT2D eigenvalue weighted by Gasteiger charge is -2.38.